The van der Waals surface area contributed by atoms with Crippen LogP contribution in [0, 0.1) is 0 Å². The van der Waals surface area contributed by atoms with Gasteiger partial charge in [0, 0.05) is 12.1 Å². The van der Waals surface area contributed by atoms with Crippen LogP contribution in [0.25, 0.3) is 0 Å². The molecule has 1 aliphatic heterocycles. The lowest BCUT2D eigenvalue weighted by Crippen LogP contribution is -2.38. The van der Waals surface area contributed by atoms with Crippen molar-refractivity contribution in [1.82, 2.24) is 4.90 Å². The van der Waals surface area contributed by atoms with Crippen LogP contribution < -0.4 is 0 Å². The van der Waals surface area contributed by atoms with E-state index in [4.69, 9.17) is 9.47 Å². The zero-order chi connectivity index (χ0) is 20.6. The van der Waals surface area contributed by atoms with E-state index in [1.54, 1.807) is 13.1 Å². The van der Waals surface area contributed by atoms with Crippen LogP contribution in [0.1, 0.15) is 30.4 Å². The van der Waals surface area contributed by atoms with Gasteiger partial charge in [-0.25, -0.2) is 4.79 Å². The maximum Gasteiger partial charge on any atom is 0.414 e. The molecule has 0 fully saturated rings. The molecule has 1 aliphatic rings. The molecule has 2 aromatic rings. The van der Waals surface area contributed by atoms with E-state index >= 15 is 0 Å². The van der Waals surface area contributed by atoms with Gasteiger partial charge in [0.25, 0.3) is 0 Å². The molecule has 5 heteroatoms. The van der Waals surface area contributed by atoms with Gasteiger partial charge in [-0.2, -0.15) is 0 Å². The molecule has 0 aliphatic carbocycles. The minimum atomic E-state index is -0.512. The summed E-state index contributed by atoms with van der Waals surface area (Å²) in [6, 6.07) is 19.9. The van der Waals surface area contributed by atoms with Crippen molar-refractivity contribution in [2.75, 3.05) is 13.7 Å². The summed E-state index contributed by atoms with van der Waals surface area (Å²) in [6.07, 6.45) is 5.10. The third-order valence-corrected chi connectivity index (χ3v) is 4.84. The van der Waals surface area contributed by atoms with Gasteiger partial charge >= 0.3 is 12.1 Å². The molecule has 29 heavy (non-hydrogen) atoms. The first-order valence-corrected chi connectivity index (χ1v) is 9.65. The Morgan fingerprint density at radius 3 is 2.10 bits per heavy atom. The molecule has 1 heterocycles. The van der Waals surface area contributed by atoms with E-state index in [2.05, 4.69) is 24.3 Å². The Hall–Kier alpha value is -3.34. The van der Waals surface area contributed by atoms with Gasteiger partial charge in [-0.05, 0) is 29.7 Å². The van der Waals surface area contributed by atoms with Gasteiger partial charge in [0.1, 0.15) is 0 Å². The molecule has 0 radical (unpaired) electrons. The van der Waals surface area contributed by atoms with Gasteiger partial charge < -0.3 is 9.47 Å². The quantitative estimate of drug-likeness (QED) is 0.672. The van der Waals surface area contributed by atoms with Crippen LogP contribution in [-0.4, -0.2) is 36.7 Å². The largest absolute Gasteiger partial charge is 0.466 e. The molecular weight excluding hydrogens is 366 g/mol. The predicted molar refractivity (Wildman–Crippen MR) is 111 cm³/mol. The second-order valence-corrected chi connectivity index (χ2v) is 6.69. The van der Waals surface area contributed by atoms with Crippen LogP contribution in [0.4, 0.5) is 4.79 Å². The van der Waals surface area contributed by atoms with E-state index in [1.165, 1.54) is 12.0 Å². The highest BCUT2D eigenvalue weighted by Gasteiger charge is 2.29. The molecular formula is C24H25NO4. The highest BCUT2D eigenvalue weighted by Crippen LogP contribution is 2.35. The van der Waals surface area contributed by atoms with Crippen molar-refractivity contribution in [3.05, 3.63) is 95.7 Å². The number of esters is 1. The van der Waals surface area contributed by atoms with Crippen molar-refractivity contribution in [3.8, 4) is 0 Å². The molecule has 0 saturated heterocycles. The standard InChI is InChI=1S/C24H25NO4/c1-3-29-22(26)17-21-16-20(14-15-25(21)24(27)28-2)23(18-10-6-4-7-11-18)19-12-8-5-9-13-19/h4-16,21,23H,3,17H2,1-2H3. The van der Waals surface area contributed by atoms with E-state index in [0.29, 0.717) is 6.61 Å². The molecule has 150 valence electrons. The summed E-state index contributed by atoms with van der Waals surface area (Å²) < 4.78 is 9.98. The Labute approximate surface area is 171 Å². The lowest BCUT2D eigenvalue weighted by Gasteiger charge is -2.31. The van der Waals surface area contributed by atoms with Gasteiger partial charge in [-0.3, -0.25) is 9.69 Å². The van der Waals surface area contributed by atoms with Gasteiger partial charge in [-0.1, -0.05) is 66.7 Å². The van der Waals surface area contributed by atoms with Crippen LogP contribution in [0.2, 0.25) is 0 Å². The van der Waals surface area contributed by atoms with Crippen molar-refractivity contribution >= 4 is 12.1 Å². The van der Waals surface area contributed by atoms with Crippen molar-refractivity contribution in [1.29, 1.82) is 0 Å². The fourth-order valence-electron chi connectivity index (χ4n) is 3.55. The minimum absolute atomic E-state index is 0.0156. The number of rotatable bonds is 6. The first kappa shape index (κ1) is 20.4. The number of nitrogens with zero attached hydrogens (tertiary/aromatic N) is 1. The summed E-state index contributed by atoms with van der Waals surface area (Å²) >= 11 is 0. The predicted octanol–water partition coefficient (Wildman–Crippen LogP) is 4.66. The summed E-state index contributed by atoms with van der Waals surface area (Å²) in [7, 11) is 1.33. The smallest absolute Gasteiger partial charge is 0.414 e. The summed E-state index contributed by atoms with van der Waals surface area (Å²) in [6.45, 7) is 2.06. The number of allylic oxidation sites excluding steroid dienone is 2. The lowest BCUT2D eigenvalue weighted by atomic mass is 9.83. The number of ether oxygens (including phenoxy) is 2. The fraction of sp³-hybridized carbons (Fsp3) is 0.250. The molecule has 1 amide bonds. The zero-order valence-electron chi connectivity index (χ0n) is 16.7. The zero-order valence-corrected chi connectivity index (χ0v) is 16.7. The van der Waals surface area contributed by atoms with Crippen LogP contribution in [0.3, 0.4) is 0 Å². The maximum absolute atomic E-state index is 12.2. The van der Waals surface area contributed by atoms with E-state index in [0.717, 1.165) is 16.7 Å². The number of carbonyl (C=O) groups excluding carboxylic acids is 2. The summed E-state index contributed by atoms with van der Waals surface area (Å²) in [5.41, 5.74) is 3.28. The number of hydrogen-bond acceptors (Lipinski definition) is 4. The molecule has 3 rings (SSSR count). The van der Waals surface area contributed by atoms with Gasteiger partial charge in [0.15, 0.2) is 0 Å². The number of hydrogen-bond donors (Lipinski definition) is 0. The summed E-state index contributed by atoms with van der Waals surface area (Å²) in [4.78, 5) is 25.8. The monoisotopic (exact) mass is 391 g/mol. The van der Waals surface area contributed by atoms with Crippen LogP contribution in [-0.2, 0) is 14.3 Å². The second-order valence-electron chi connectivity index (χ2n) is 6.69. The number of amides is 1. The van der Waals surface area contributed by atoms with E-state index < -0.39 is 12.1 Å². The second kappa shape index (κ2) is 9.73. The normalized spacial score (nSPS) is 15.8. The van der Waals surface area contributed by atoms with E-state index in [9.17, 15) is 9.59 Å². The summed E-state index contributed by atoms with van der Waals surface area (Å²) in [5, 5.41) is 0. The average Bonchev–Trinajstić information content (AvgIpc) is 2.75. The molecule has 5 nitrogen and oxygen atoms in total. The molecule has 0 aromatic heterocycles. The fourth-order valence-corrected chi connectivity index (χ4v) is 3.55. The molecule has 2 aromatic carbocycles. The van der Waals surface area contributed by atoms with E-state index in [-0.39, 0.29) is 18.3 Å². The molecule has 0 saturated carbocycles. The maximum atomic E-state index is 12.2. The Kier molecular flexibility index (Phi) is 6.85. The van der Waals surface area contributed by atoms with E-state index in [1.807, 2.05) is 48.6 Å². The SMILES string of the molecule is CCOC(=O)CC1C=C(C(c2ccccc2)c2ccccc2)C=CN1C(=O)OC. The van der Waals surface area contributed by atoms with Crippen LogP contribution >= 0.6 is 0 Å². The molecule has 1 unspecified atom stereocenters. The lowest BCUT2D eigenvalue weighted by molar-refractivity contribution is -0.143. The van der Waals surface area contributed by atoms with Crippen LogP contribution in [0.15, 0.2) is 84.6 Å². The Bertz CT molecular complexity index is 850. The highest BCUT2D eigenvalue weighted by atomic mass is 16.5. The number of carbonyl (C=O) groups is 2. The van der Waals surface area contributed by atoms with Crippen molar-refractivity contribution in [2.45, 2.75) is 25.3 Å². The molecule has 0 N–H and O–H groups in total. The van der Waals surface area contributed by atoms with Crippen molar-refractivity contribution in [2.24, 2.45) is 0 Å². The third-order valence-electron chi connectivity index (χ3n) is 4.84. The Morgan fingerprint density at radius 2 is 1.59 bits per heavy atom. The number of methoxy groups -OCH3 is 1. The van der Waals surface area contributed by atoms with Gasteiger partial charge in [0.05, 0.1) is 26.2 Å². The molecule has 1 atom stereocenters. The van der Waals surface area contributed by atoms with Gasteiger partial charge in [0.2, 0.25) is 0 Å². The van der Waals surface area contributed by atoms with Crippen molar-refractivity contribution < 1.29 is 19.1 Å². The molecule has 0 bridgehead atoms. The summed E-state index contributed by atoms with van der Waals surface area (Å²) in [5.74, 6) is -0.369. The first-order chi connectivity index (χ1) is 14.1. The Morgan fingerprint density at radius 1 is 1.00 bits per heavy atom. The van der Waals surface area contributed by atoms with Gasteiger partial charge in [-0.15, -0.1) is 0 Å². The minimum Gasteiger partial charge on any atom is -0.466 e. The highest BCUT2D eigenvalue weighted by molar-refractivity contribution is 5.75. The first-order valence-electron chi connectivity index (χ1n) is 9.65. The Balaban J connectivity index is 2.00. The molecule has 0 spiro atoms. The van der Waals surface area contributed by atoms with Crippen molar-refractivity contribution in [3.63, 3.8) is 0 Å². The number of benzene rings is 2. The topological polar surface area (TPSA) is 55.8 Å². The third kappa shape index (κ3) is 4.93. The van der Waals surface area contributed by atoms with Crippen LogP contribution in [0.5, 0.6) is 0 Å². The average molecular weight is 391 g/mol.